The largest absolute Gasteiger partial charge is 0.322 e. The highest BCUT2D eigenvalue weighted by molar-refractivity contribution is 8.00. The van der Waals surface area contributed by atoms with Gasteiger partial charge in [-0.05, 0) is 30.5 Å². The van der Waals surface area contributed by atoms with Crippen molar-refractivity contribution in [3.63, 3.8) is 0 Å². The lowest BCUT2D eigenvalue weighted by atomic mass is 10.2. The van der Waals surface area contributed by atoms with Crippen molar-refractivity contribution in [3.8, 4) is 0 Å². The summed E-state index contributed by atoms with van der Waals surface area (Å²) in [6.45, 7) is 0. The minimum Gasteiger partial charge on any atom is -0.322 e. The van der Waals surface area contributed by atoms with E-state index in [4.69, 9.17) is 11.6 Å². The van der Waals surface area contributed by atoms with Gasteiger partial charge in [-0.2, -0.15) is 0 Å². The lowest BCUT2D eigenvalue weighted by molar-refractivity contribution is -0.384. The number of amides is 1. The highest BCUT2D eigenvalue weighted by Gasteiger charge is 2.16. The third kappa shape index (κ3) is 3.35. The van der Waals surface area contributed by atoms with Gasteiger partial charge in [0.25, 0.3) is 11.6 Å². The average molecular weight is 380 g/mol. The number of nitrogens with zero attached hydrogens (tertiary/aromatic N) is 2. The molecule has 0 saturated carbocycles. The fourth-order valence-electron chi connectivity index (χ4n) is 2.07. The standard InChI is InChI=1S/C15H10ClN3O3S2/c1-23-15-18-12-5-2-8(6-13(12)24-15)17-14(20)10-7-9(19(21)22)3-4-11(10)16/h2-7H,1H3,(H,17,20). The molecule has 0 aliphatic heterocycles. The number of hydrogen-bond donors (Lipinski definition) is 1. The van der Waals surface area contributed by atoms with Gasteiger partial charge in [0.05, 0.1) is 25.7 Å². The molecule has 122 valence electrons. The maximum Gasteiger partial charge on any atom is 0.270 e. The Morgan fingerprint density at radius 2 is 2.12 bits per heavy atom. The molecule has 24 heavy (non-hydrogen) atoms. The average Bonchev–Trinajstić information content (AvgIpc) is 2.97. The van der Waals surface area contributed by atoms with E-state index in [1.807, 2.05) is 18.4 Å². The van der Waals surface area contributed by atoms with Crippen LogP contribution < -0.4 is 5.32 Å². The summed E-state index contributed by atoms with van der Waals surface area (Å²) in [4.78, 5) is 27.1. The van der Waals surface area contributed by atoms with E-state index in [0.717, 1.165) is 20.6 Å². The van der Waals surface area contributed by atoms with Crippen molar-refractivity contribution in [2.45, 2.75) is 4.34 Å². The van der Waals surface area contributed by atoms with Crippen LogP contribution in [0.3, 0.4) is 0 Å². The third-order valence-electron chi connectivity index (χ3n) is 3.21. The molecule has 0 unspecified atom stereocenters. The first-order chi connectivity index (χ1) is 11.5. The molecule has 2 aromatic carbocycles. The van der Waals surface area contributed by atoms with Crippen LogP contribution in [0.1, 0.15) is 10.4 Å². The molecule has 1 N–H and O–H groups in total. The zero-order chi connectivity index (χ0) is 17.3. The zero-order valence-corrected chi connectivity index (χ0v) is 14.7. The number of nitro benzene ring substituents is 1. The van der Waals surface area contributed by atoms with Crippen LogP contribution in [-0.2, 0) is 0 Å². The molecule has 0 spiro atoms. The Kier molecular flexibility index (Phi) is 4.70. The molecule has 1 amide bonds. The summed E-state index contributed by atoms with van der Waals surface area (Å²) in [6.07, 6.45) is 1.95. The van der Waals surface area contributed by atoms with Gasteiger partial charge in [0.1, 0.15) is 0 Å². The highest BCUT2D eigenvalue weighted by atomic mass is 35.5. The summed E-state index contributed by atoms with van der Waals surface area (Å²) in [6, 6.07) is 9.12. The van der Waals surface area contributed by atoms with Crippen molar-refractivity contribution >= 4 is 62.2 Å². The SMILES string of the molecule is CSc1nc2ccc(NC(=O)c3cc([N+](=O)[O-])ccc3Cl)cc2s1. The Bertz CT molecular complexity index is 958. The number of thiazole rings is 1. The van der Waals surface area contributed by atoms with E-state index in [2.05, 4.69) is 10.3 Å². The van der Waals surface area contributed by atoms with E-state index in [-0.39, 0.29) is 16.3 Å². The van der Waals surface area contributed by atoms with Gasteiger partial charge in [-0.1, -0.05) is 23.4 Å². The first-order valence-electron chi connectivity index (χ1n) is 6.68. The minimum absolute atomic E-state index is 0.0556. The number of non-ortho nitro benzene ring substituents is 1. The van der Waals surface area contributed by atoms with Gasteiger partial charge in [-0.25, -0.2) is 4.98 Å². The van der Waals surface area contributed by atoms with Crippen LogP contribution in [0.5, 0.6) is 0 Å². The molecule has 0 aliphatic carbocycles. The van der Waals surface area contributed by atoms with Gasteiger partial charge >= 0.3 is 0 Å². The molecule has 1 heterocycles. The van der Waals surface area contributed by atoms with E-state index < -0.39 is 10.8 Å². The van der Waals surface area contributed by atoms with Crippen LogP contribution in [0.25, 0.3) is 10.2 Å². The quantitative estimate of drug-likeness (QED) is 0.398. The van der Waals surface area contributed by atoms with Crippen LogP contribution in [-0.4, -0.2) is 22.1 Å². The van der Waals surface area contributed by atoms with Crippen molar-refractivity contribution in [1.29, 1.82) is 0 Å². The van der Waals surface area contributed by atoms with Gasteiger partial charge in [0.2, 0.25) is 0 Å². The normalized spacial score (nSPS) is 10.8. The number of hydrogen-bond acceptors (Lipinski definition) is 6. The van der Waals surface area contributed by atoms with Crippen LogP contribution >= 0.6 is 34.7 Å². The Labute approximate surface area is 150 Å². The topological polar surface area (TPSA) is 85.1 Å². The third-order valence-corrected chi connectivity index (χ3v) is 5.54. The molecular weight excluding hydrogens is 370 g/mol. The molecular formula is C15H10ClN3O3S2. The van der Waals surface area contributed by atoms with Crippen LogP contribution in [0.15, 0.2) is 40.7 Å². The number of aromatic nitrogens is 1. The predicted molar refractivity (Wildman–Crippen MR) is 97.5 cm³/mol. The summed E-state index contributed by atoms with van der Waals surface area (Å²) in [7, 11) is 0. The van der Waals surface area contributed by atoms with Crippen molar-refractivity contribution in [1.82, 2.24) is 4.98 Å². The molecule has 0 aliphatic rings. The van der Waals surface area contributed by atoms with Crippen molar-refractivity contribution in [2.75, 3.05) is 11.6 Å². The maximum absolute atomic E-state index is 12.4. The number of thioether (sulfide) groups is 1. The number of nitrogens with one attached hydrogen (secondary N) is 1. The van der Waals surface area contributed by atoms with Crippen LogP contribution in [0.4, 0.5) is 11.4 Å². The van der Waals surface area contributed by atoms with Gasteiger partial charge in [0, 0.05) is 17.8 Å². The van der Waals surface area contributed by atoms with E-state index in [1.54, 1.807) is 17.8 Å². The molecule has 3 aromatic rings. The van der Waals surface area contributed by atoms with E-state index in [0.29, 0.717) is 5.69 Å². The minimum atomic E-state index is -0.569. The van der Waals surface area contributed by atoms with Crippen molar-refractivity contribution in [2.24, 2.45) is 0 Å². The van der Waals surface area contributed by atoms with Crippen LogP contribution in [0.2, 0.25) is 5.02 Å². The lowest BCUT2D eigenvalue weighted by Gasteiger charge is -2.06. The Hall–Kier alpha value is -2.16. The predicted octanol–water partition coefficient (Wildman–Crippen LogP) is 4.83. The molecule has 1 aromatic heterocycles. The first-order valence-corrected chi connectivity index (χ1v) is 9.09. The maximum atomic E-state index is 12.4. The number of rotatable bonds is 4. The molecule has 0 bridgehead atoms. The summed E-state index contributed by atoms with van der Waals surface area (Å²) < 4.78 is 1.89. The molecule has 6 nitrogen and oxygen atoms in total. The highest BCUT2D eigenvalue weighted by Crippen LogP contribution is 2.30. The Morgan fingerprint density at radius 3 is 2.83 bits per heavy atom. The second kappa shape index (κ2) is 6.76. The van der Waals surface area contributed by atoms with E-state index in [9.17, 15) is 14.9 Å². The number of anilines is 1. The molecule has 3 rings (SSSR count). The molecule has 0 fully saturated rings. The molecule has 0 radical (unpaired) electrons. The number of carbonyl (C=O) groups is 1. The van der Waals surface area contributed by atoms with E-state index in [1.165, 1.54) is 23.5 Å². The number of fused-ring (bicyclic) bond motifs is 1. The van der Waals surface area contributed by atoms with E-state index >= 15 is 0 Å². The summed E-state index contributed by atoms with van der Waals surface area (Å²) >= 11 is 9.07. The Morgan fingerprint density at radius 1 is 1.33 bits per heavy atom. The second-order valence-electron chi connectivity index (χ2n) is 4.74. The zero-order valence-electron chi connectivity index (χ0n) is 12.3. The fraction of sp³-hybridized carbons (Fsp3) is 0.0667. The Balaban J connectivity index is 1.89. The number of benzene rings is 2. The molecule has 0 atom stereocenters. The molecule has 0 saturated heterocycles. The van der Waals surface area contributed by atoms with Gasteiger partial charge in [0.15, 0.2) is 4.34 Å². The van der Waals surface area contributed by atoms with Crippen molar-refractivity contribution in [3.05, 3.63) is 57.1 Å². The fourth-order valence-corrected chi connectivity index (χ4v) is 3.80. The van der Waals surface area contributed by atoms with Gasteiger partial charge < -0.3 is 5.32 Å². The summed E-state index contributed by atoms with van der Waals surface area (Å²) in [5.41, 5.74) is 1.30. The monoisotopic (exact) mass is 379 g/mol. The second-order valence-corrected chi connectivity index (χ2v) is 7.23. The molecule has 9 heteroatoms. The van der Waals surface area contributed by atoms with Gasteiger partial charge in [-0.3, -0.25) is 14.9 Å². The number of carbonyl (C=O) groups excluding carboxylic acids is 1. The smallest absolute Gasteiger partial charge is 0.270 e. The summed E-state index contributed by atoms with van der Waals surface area (Å²) in [5, 5.41) is 13.7. The van der Waals surface area contributed by atoms with Gasteiger partial charge in [-0.15, -0.1) is 11.3 Å². The van der Waals surface area contributed by atoms with Crippen molar-refractivity contribution < 1.29 is 9.72 Å². The first kappa shape index (κ1) is 16.7. The van der Waals surface area contributed by atoms with Crippen LogP contribution in [0, 0.1) is 10.1 Å². The number of nitro groups is 1. The summed E-state index contributed by atoms with van der Waals surface area (Å²) in [5.74, 6) is -0.502. The number of halogens is 1. The lowest BCUT2D eigenvalue weighted by Crippen LogP contribution is -2.12.